The molecule has 1 aromatic rings. The van der Waals surface area contributed by atoms with E-state index in [9.17, 15) is 53.6 Å². The standard InChI is InChI=1S/C32H41N7O15S2/c40-24(33-8-7-26(42)35-17(30(46)47)5-6-25(41)36-18(13-55)29(45)34-11-27(43)44)4-2-1-3-23-28-20(14-56-23)38(31(48)37-28)32(49)52-12-16-9-21-22(54-15-53-21)10-19(16)39(50)51/h9-10,17-18,20,23,28,55H,1-8,11-15H2,(H,33,40)(H,34,45)(H,35,42)(H,36,41)(H,37,48)(H,43,44)(H,46,47). The summed E-state index contributed by atoms with van der Waals surface area (Å²) >= 11 is 5.51. The van der Waals surface area contributed by atoms with Crippen LogP contribution >= 0.6 is 24.4 Å². The highest BCUT2D eigenvalue weighted by atomic mass is 32.2. The van der Waals surface area contributed by atoms with Crippen molar-refractivity contribution in [2.75, 3.05) is 31.4 Å². The van der Waals surface area contributed by atoms with Crippen LogP contribution in [0.25, 0.3) is 0 Å². The van der Waals surface area contributed by atoms with Gasteiger partial charge in [0, 0.05) is 42.6 Å². The van der Waals surface area contributed by atoms with Crippen molar-refractivity contribution in [1.82, 2.24) is 31.5 Å². The van der Waals surface area contributed by atoms with Crippen molar-refractivity contribution in [3.05, 3.63) is 27.8 Å². The molecule has 24 heteroatoms. The van der Waals surface area contributed by atoms with E-state index in [0.717, 1.165) is 4.90 Å². The Bertz CT molecular complexity index is 1720. The van der Waals surface area contributed by atoms with E-state index in [2.05, 4.69) is 39.2 Å². The number of carbonyl (C=O) groups is 8. The summed E-state index contributed by atoms with van der Waals surface area (Å²) in [7, 11) is 0. The molecule has 0 radical (unpaired) electrons. The second kappa shape index (κ2) is 20.4. The van der Waals surface area contributed by atoms with Gasteiger partial charge in [-0.15, -0.1) is 0 Å². The van der Waals surface area contributed by atoms with E-state index in [1.807, 2.05) is 0 Å². The number of hydrogen-bond donors (Lipinski definition) is 8. The lowest BCUT2D eigenvalue weighted by atomic mass is 10.0. The van der Waals surface area contributed by atoms with Crippen molar-refractivity contribution < 1.29 is 67.7 Å². The van der Waals surface area contributed by atoms with Crippen LogP contribution in [-0.4, -0.2) is 129 Å². The van der Waals surface area contributed by atoms with E-state index >= 15 is 0 Å². The maximum absolute atomic E-state index is 13.0. The molecule has 3 aliphatic rings. The zero-order chi connectivity index (χ0) is 40.9. The first-order chi connectivity index (χ1) is 26.7. The Labute approximate surface area is 328 Å². The van der Waals surface area contributed by atoms with Gasteiger partial charge in [0.2, 0.25) is 30.4 Å². The molecule has 306 valence electrons. The minimum absolute atomic E-state index is 0.0514. The predicted molar refractivity (Wildman–Crippen MR) is 195 cm³/mol. The number of nitro groups is 1. The third-order valence-electron chi connectivity index (χ3n) is 8.81. The number of nitrogens with zero attached hydrogens (tertiary/aromatic N) is 2. The summed E-state index contributed by atoms with van der Waals surface area (Å²) < 4.78 is 15.7. The molecule has 1 aromatic carbocycles. The number of rotatable bonds is 21. The monoisotopic (exact) mass is 827 g/mol. The van der Waals surface area contributed by atoms with Crippen LogP contribution < -0.4 is 36.1 Å². The number of nitro benzene ring substituents is 1. The first kappa shape index (κ1) is 43.2. The number of hydrogen-bond acceptors (Lipinski definition) is 15. The van der Waals surface area contributed by atoms with Gasteiger partial charge in [0.05, 0.1) is 28.6 Å². The number of imide groups is 1. The van der Waals surface area contributed by atoms with Gasteiger partial charge < -0.3 is 51.0 Å². The normalized spacial score (nSPS) is 18.8. The van der Waals surface area contributed by atoms with Crippen LogP contribution in [0.5, 0.6) is 11.5 Å². The number of benzene rings is 1. The number of amides is 7. The van der Waals surface area contributed by atoms with Gasteiger partial charge in [-0.05, 0) is 25.3 Å². The number of unbranched alkanes of at least 4 members (excludes halogenated alkanes) is 1. The minimum Gasteiger partial charge on any atom is -0.480 e. The Kier molecular flexibility index (Phi) is 15.8. The molecule has 3 heterocycles. The van der Waals surface area contributed by atoms with Gasteiger partial charge in [-0.25, -0.2) is 19.3 Å². The summed E-state index contributed by atoms with van der Waals surface area (Å²) in [6.45, 7) is -1.31. The SMILES string of the molecule is O=C(O)CNC(=O)C(CS)NC(=O)CCC(NC(=O)CCNC(=O)CCCCC1SCC2C1NC(=O)N2C(=O)OCc1cc2c(cc1[N+](=O)[O-])OCO2)C(=O)O. The highest BCUT2D eigenvalue weighted by Crippen LogP contribution is 2.39. The Hall–Kier alpha value is -5.52. The van der Waals surface area contributed by atoms with Crippen LogP contribution in [0.1, 0.15) is 50.5 Å². The zero-order valence-corrected chi connectivity index (χ0v) is 31.4. The number of nitrogens with one attached hydrogen (secondary N) is 5. The molecule has 2 saturated heterocycles. The van der Waals surface area contributed by atoms with Crippen LogP contribution in [0.3, 0.4) is 0 Å². The van der Waals surface area contributed by atoms with Gasteiger partial charge in [-0.1, -0.05) is 6.42 Å². The molecule has 0 bridgehead atoms. The number of aliphatic carboxylic acids is 2. The van der Waals surface area contributed by atoms with E-state index in [4.69, 9.17) is 19.3 Å². The second-order valence-corrected chi connectivity index (χ2v) is 14.3. The summed E-state index contributed by atoms with van der Waals surface area (Å²) in [5, 5.41) is 41.7. The van der Waals surface area contributed by atoms with E-state index in [-0.39, 0.29) is 84.7 Å². The maximum atomic E-state index is 13.0. The van der Waals surface area contributed by atoms with Crippen molar-refractivity contribution in [1.29, 1.82) is 0 Å². The lowest BCUT2D eigenvalue weighted by Gasteiger charge is -2.19. The van der Waals surface area contributed by atoms with Gasteiger partial charge in [0.1, 0.15) is 25.2 Å². The van der Waals surface area contributed by atoms with E-state index in [1.165, 1.54) is 12.1 Å². The highest BCUT2D eigenvalue weighted by molar-refractivity contribution is 8.00. The Morgan fingerprint density at radius 3 is 2.38 bits per heavy atom. The van der Waals surface area contributed by atoms with E-state index < -0.39 is 78.0 Å². The first-order valence-electron chi connectivity index (χ1n) is 17.3. The molecule has 5 atom stereocenters. The number of carbonyl (C=O) groups excluding carboxylic acids is 6. The van der Waals surface area contributed by atoms with Crippen molar-refractivity contribution in [2.45, 2.75) is 81.0 Å². The number of fused-ring (bicyclic) bond motifs is 2. The van der Waals surface area contributed by atoms with E-state index in [1.54, 1.807) is 11.8 Å². The number of urea groups is 1. The van der Waals surface area contributed by atoms with Gasteiger partial charge in [-0.3, -0.25) is 34.1 Å². The Morgan fingerprint density at radius 2 is 1.70 bits per heavy atom. The fraction of sp³-hybridized carbons (Fsp3) is 0.562. The number of thiol groups is 1. The van der Waals surface area contributed by atoms with Crippen molar-refractivity contribution in [2.24, 2.45) is 0 Å². The molecule has 56 heavy (non-hydrogen) atoms. The topological polar surface area (TPSA) is 311 Å². The highest BCUT2D eigenvalue weighted by Gasteiger charge is 2.51. The summed E-state index contributed by atoms with van der Waals surface area (Å²) in [6.07, 6.45) is -0.0126. The Balaban J connectivity index is 1.11. The fourth-order valence-corrected chi connectivity index (χ4v) is 7.84. The third kappa shape index (κ3) is 12.0. The molecular weight excluding hydrogens is 787 g/mol. The summed E-state index contributed by atoms with van der Waals surface area (Å²) in [6, 6.07) is -1.55. The lowest BCUT2D eigenvalue weighted by Crippen LogP contribution is -2.49. The number of carboxylic acid groups (broad SMARTS) is 2. The average molecular weight is 828 g/mol. The molecular formula is C32H41N7O15S2. The molecule has 0 aliphatic carbocycles. The number of thioether (sulfide) groups is 1. The van der Waals surface area contributed by atoms with Crippen molar-refractivity contribution in [3.63, 3.8) is 0 Å². The Morgan fingerprint density at radius 1 is 1.00 bits per heavy atom. The zero-order valence-electron chi connectivity index (χ0n) is 29.7. The quantitative estimate of drug-likeness (QED) is 0.0263. The average Bonchev–Trinajstić information content (AvgIpc) is 3.86. The van der Waals surface area contributed by atoms with Gasteiger partial charge >= 0.3 is 24.1 Å². The molecule has 4 rings (SSSR count). The van der Waals surface area contributed by atoms with Gasteiger partial charge in [0.15, 0.2) is 11.5 Å². The van der Waals surface area contributed by atoms with Crippen LogP contribution in [0.4, 0.5) is 15.3 Å². The lowest BCUT2D eigenvalue weighted by molar-refractivity contribution is -0.385. The fourth-order valence-electron chi connectivity index (χ4n) is 5.99. The molecule has 22 nitrogen and oxygen atoms in total. The first-order valence-corrected chi connectivity index (χ1v) is 19.0. The van der Waals surface area contributed by atoms with Gasteiger partial charge in [-0.2, -0.15) is 24.4 Å². The summed E-state index contributed by atoms with van der Waals surface area (Å²) in [4.78, 5) is 109. The molecule has 7 N–H and O–H groups in total. The molecule has 7 amide bonds. The molecule has 5 unspecified atom stereocenters. The largest absolute Gasteiger partial charge is 0.480 e. The number of carboxylic acids is 2. The van der Waals surface area contributed by atoms with Crippen molar-refractivity contribution >= 4 is 77.8 Å². The molecule has 0 saturated carbocycles. The van der Waals surface area contributed by atoms with Crippen LogP contribution in [0, 0.1) is 10.1 Å². The van der Waals surface area contributed by atoms with Crippen molar-refractivity contribution in [3.8, 4) is 11.5 Å². The molecule has 0 aromatic heterocycles. The van der Waals surface area contributed by atoms with Crippen LogP contribution in [-0.2, 0) is 40.1 Å². The third-order valence-corrected chi connectivity index (χ3v) is 10.7. The molecule has 0 spiro atoms. The number of ether oxygens (including phenoxy) is 3. The second-order valence-electron chi connectivity index (χ2n) is 12.7. The van der Waals surface area contributed by atoms with E-state index in [0.29, 0.717) is 25.0 Å². The smallest absolute Gasteiger partial charge is 0.418 e. The van der Waals surface area contributed by atoms with Gasteiger partial charge in [0.25, 0.3) is 5.69 Å². The summed E-state index contributed by atoms with van der Waals surface area (Å²) in [5.41, 5.74) is -0.252. The van der Waals surface area contributed by atoms with Crippen LogP contribution in [0.15, 0.2) is 12.1 Å². The molecule has 2 fully saturated rings. The van der Waals surface area contributed by atoms with Crippen LogP contribution in [0.2, 0.25) is 0 Å². The predicted octanol–water partition coefficient (Wildman–Crippen LogP) is -0.130. The minimum atomic E-state index is -1.43. The molecule has 3 aliphatic heterocycles. The summed E-state index contributed by atoms with van der Waals surface area (Å²) in [5.74, 6) is -4.43. The maximum Gasteiger partial charge on any atom is 0.418 e.